The van der Waals surface area contributed by atoms with E-state index in [2.05, 4.69) is 9.97 Å². The Morgan fingerprint density at radius 3 is 2.60 bits per heavy atom. The fraction of sp³-hybridized carbons (Fsp3) is 0.0909. The topological polar surface area (TPSA) is 45.8 Å². The van der Waals surface area contributed by atoms with Gasteiger partial charge in [0.1, 0.15) is 5.82 Å². The first-order valence-electron chi connectivity index (χ1n) is 4.53. The molecule has 2 rings (SSSR count). The summed E-state index contributed by atoms with van der Waals surface area (Å²) in [6, 6.07) is 7.18. The molecule has 0 amide bonds. The molecule has 1 N–H and O–H groups in total. The Morgan fingerprint density at radius 2 is 2.07 bits per heavy atom. The second kappa shape index (κ2) is 4.28. The average molecular weight is 221 g/mol. The first-order chi connectivity index (χ1) is 7.25. The van der Waals surface area contributed by atoms with Crippen LogP contribution in [0.3, 0.4) is 0 Å². The van der Waals surface area contributed by atoms with Crippen LogP contribution in [0.15, 0.2) is 36.7 Å². The van der Waals surface area contributed by atoms with Crippen molar-refractivity contribution in [2.45, 2.75) is 6.42 Å². The van der Waals surface area contributed by atoms with Gasteiger partial charge < -0.3 is 4.98 Å². The summed E-state index contributed by atoms with van der Waals surface area (Å²) < 4.78 is 0. The maximum absolute atomic E-state index is 10.8. The number of benzene rings is 1. The minimum atomic E-state index is -0.431. The number of hydrogen-bond donors (Lipinski definition) is 1. The number of aromatic nitrogens is 2. The van der Waals surface area contributed by atoms with Crippen molar-refractivity contribution < 1.29 is 4.79 Å². The van der Waals surface area contributed by atoms with E-state index in [9.17, 15) is 4.79 Å². The van der Waals surface area contributed by atoms with Crippen LogP contribution in [0, 0.1) is 0 Å². The molecule has 76 valence electrons. The number of halogens is 1. The molecule has 1 aromatic heterocycles. The van der Waals surface area contributed by atoms with Crippen LogP contribution in [0.5, 0.6) is 0 Å². The molecule has 0 aliphatic carbocycles. The molecular formula is C11H9ClN2O. The van der Waals surface area contributed by atoms with Gasteiger partial charge in [-0.25, -0.2) is 4.98 Å². The average Bonchev–Trinajstić information content (AvgIpc) is 2.71. The number of aromatic amines is 1. The van der Waals surface area contributed by atoms with E-state index >= 15 is 0 Å². The van der Waals surface area contributed by atoms with Crippen molar-refractivity contribution in [1.29, 1.82) is 0 Å². The van der Waals surface area contributed by atoms with Crippen molar-refractivity contribution in [2.75, 3.05) is 0 Å². The maximum Gasteiger partial charge on any atom is 0.252 e. The molecule has 0 aliphatic heterocycles. The Hall–Kier alpha value is -1.61. The van der Waals surface area contributed by atoms with E-state index in [1.165, 1.54) is 0 Å². The van der Waals surface area contributed by atoms with Crippen molar-refractivity contribution in [2.24, 2.45) is 0 Å². The van der Waals surface area contributed by atoms with Crippen LogP contribution in [-0.4, -0.2) is 15.2 Å². The van der Waals surface area contributed by atoms with Crippen molar-refractivity contribution in [3.8, 4) is 0 Å². The van der Waals surface area contributed by atoms with Gasteiger partial charge in [0.05, 0.1) is 0 Å². The highest BCUT2D eigenvalue weighted by molar-refractivity contribution is 6.67. The molecule has 3 nitrogen and oxygen atoms in total. The van der Waals surface area contributed by atoms with Gasteiger partial charge in [0.25, 0.3) is 5.24 Å². The third-order valence-corrected chi connectivity index (χ3v) is 2.33. The van der Waals surface area contributed by atoms with Crippen molar-refractivity contribution in [3.05, 3.63) is 53.6 Å². The fourth-order valence-electron chi connectivity index (χ4n) is 1.34. The van der Waals surface area contributed by atoms with Crippen molar-refractivity contribution >= 4 is 16.8 Å². The summed E-state index contributed by atoms with van der Waals surface area (Å²) in [5.41, 5.74) is 1.60. The van der Waals surface area contributed by atoms with E-state index < -0.39 is 5.24 Å². The summed E-state index contributed by atoms with van der Waals surface area (Å²) in [5, 5.41) is -0.431. The molecule has 0 atom stereocenters. The van der Waals surface area contributed by atoms with E-state index in [-0.39, 0.29) is 0 Å². The largest absolute Gasteiger partial charge is 0.348 e. The van der Waals surface area contributed by atoms with Gasteiger partial charge in [-0.15, -0.1) is 0 Å². The van der Waals surface area contributed by atoms with Gasteiger partial charge in [-0.05, 0) is 29.3 Å². The number of carbonyl (C=O) groups excluding carboxylic acids is 1. The Morgan fingerprint density at radius 1 is 1.33 bits per heavy atom. The molecule has 4 heteroatoms. The van der Waals surface area contributed by atoms with E-state index in [0.717, 1.165) is 17.8 Å². The molecular weight excluding hydrogens is 212 g/mol. The molecule has 0 bridgehead atoms. The van der Waals surface area contributed by atoms with E-state index in [1.807, 2.05) is 12.1 Å². The SMILES string of the molecule is O=C(Cl)c1ccc(Cc2ncc[nH]2)cc1. The van der Waals surface area contributed by atoms with Crippen LogP contribution in [0.25, 0.3) is 0 Å². The second-order valence-corrected chi connectivity index (χ2v) is 3.53. The first-order valence-corrected chi connectivity index (χ1v) is 4.90. The number of nitrogens with one attached hydrogen (secondary N) is 1. The Balaban J connectivity index is 2.14. The zero-order valence-corrected chi connectivity index (χ0v) is 8.66. The van der Waals surface area contributed by atoms with Gasteiger partial charge in [-0.3, -0.25) is 4.79 Å². The minimum Gasteiger partial charge on any atom is -0.348 e. The van der Waals surface area contributed by atoms with Gasteiger partial charge in [0.2, 0.25) is 0 Å². The Kier molecular flexibility index (Phi) is 2.83. The molecule has 0 aliphatic rings. The molecule has 2 aromatic rings. The molecule has 0 saturated carbocycles. The van der Waals surface area contributed by atoms with E-state index in [4.69, 9.17) is 11.6 Å². The molecule has 0 saturated heterocycles. The molecule has 0 spiro atoms. The fourth-order valence-corrected chi connectivity index (χ4v) is 1.47. The highest BCUT2D eigenvalue weighted by Crippen LogP contribution is 2.09. The number of hydrogen-bond acceptors (Lipinski definition) is 2. The van der Waals surface area contributed by atoms with Crippen LogP contribution in [0.1, 0.15) is 21.7 Å². The smallest absolute Gasteiger partial charge is 0.252 e. The van der Waals surface area contributed by atoms with Gasteiger partial charge in [-0.2, -0.15) is 0 Å². The van der Waals surface area contributed by atoms with Crippen molar-refractivity contribution in [1.82, 2.24) is 9.97 Å². The second-order valence-electron chi connectivity index (χ2n) is 3.18. The standard InChI is InChI=1S/C11H9ClN2O/c12-11(15)9-3-1-8(2-4-9)7-10-13-5-6-14-10/h1-6H,7H2,(H,13,14). The summed E-state index contributed by atoms with van der Waals surface area (Å²) in [6.45, 7) is 0. The van der Waals surface area contributed by atoms with E-state index in [1.54, 1.807) is 24.5 Å². The van der Waals surface area contributed by atoms with Crippen LogP contribution >= 0.6 is 11.6 Å². The van der Waals surface area contributed by atoms with Gasteiger partial charge in [0.15, 0.2) is 0 Å². The minimum absolute atomic E-state index is 0.431. The summed E-state index contributed by atoms with van der Waals surface area (Å²) in [5.74, 6) is 0.903. The number of H-pyrrole nitrogens is 1. The van der Waals surface area contributed by atoms with Crippen LogP contribution in [0.4, 0.5) is 0 Å². The van der Waals surface area contributed by atoms with Gasteiger partial charge in [-0.1, -0.05) is 12.1 Å². The zero-order chi connectivity index (χ0) is 10.7. The summed E-state index contributed by atoms with van der Waals surface area (Å²) >= 11 is 5.34. The van der Waals surface area contributed by atoms with Crippen LogP contribution in [-0.2, 0) is 6.42 Å². The number of imidazole rings is 1. The zero-order valence-electron chi connectivity index (χ0n) is 7.90. The lowest BCUT2D eigenvalue weighted by Crippen LogP contribution is -1.93. The molecule has 15 heavy (non-hydrogen) atoms. The maximum atomic E-state index is 10.8. The predicted molar refractivity (Wildman–Crippen MR) is 58.0 cm³/mol. The lowest BCUT2D eigenvalue weighted by atomic mass is 10.1. The summed E-state index contributed by atoms with van der Waals surface area (Å²) in [6.07, 6.45) is 4.22. The number of rotatable bonds is 3. The highest BCUT2D eigenvalue weighted by Gasteiger charge is 2.02. The van der Waals surface area contributed by atoms with Gasteiger partial charge in [0, 0.05) is 24.4 Å². The Labute approximate surface area is 92.1 Å². The highest BCUT2D eigenvalue weighted by atomic mass is 35.5. The Bertz CT molecular complexity index is 448. The molecule has 0 radical (unpaired) electrons. The summed E-state index contributed by atoms with van der Waals surface area (Å²) in [7, 11) is 0. The molecule has 1 aromatic carbocycles. The molecule has 0 unspecified atom stereocenters. The third-order valence-electron chi connectivity index (χ3n) is 2.11. The third kappa shape index (κ3) is 2.44. The van der Waals surface area contributed by atoms with Crippen LogP contribution in [0.2, 0.25) is 0 Å². The molecule has 1 heterocycles. The lowest BCUT2D eigenvalue weighted by Gasteiger charge is -1.99. The predicted octanol–water partition coefficient (Wildman–Crippen LogP) is 2.38. The summed E-state index contributed by atoms with van der Waals surface area (Å²) in [4.78, 5) is 18.0. The molecule has 0 fully saturated rings. The normalized spacial score (nSPS) is 10.2. The monoisotopic (exact) mass is 220 g/mol. The number of carbonyl (C=O) groups is 1. The van der Waals surface area contributed by atoms with E-state index in [0.29, 0.717) is 5.56 Å². The quantitative estimate of drug-likeness (QED) is 0.808. The van der Waals surface area contributed by atoms with Gasteiger partial charge >= 0.3 is 0 Å². The van der Waals surface area contributed by atoms with Crippen molar-refractivity contribution in [3.63, 3.8) is 0 Å². The number of nitrogens with zero attached hydrogens (tertiary/aromatic N) is 1. The first kappa shape index (κ1) is 9.93. The lowest BCUT2D eigenvalue weighted by molar-refractivity contribution is 0.108. The van der Waals surface area contributed by atoms with Crippen LogP contribution < -0.4 is 0 Å².